The number of alkyl halides is 1. The summed E-state index contributed by atoms with van der Waals surface area (Å²) in [7, 11) is 0. The van der Waals surface area contributed by atoms with E-state index in [1.807, 2.05) is 0 Å². The van der Waals surface area contributed by atoms with E-state index in [0.29, 0.717) is 18.1 Å². The van der Waals surface area contributed by atoms with E-state index in [9.17, 15) is 0 Å². The summed E-state index contributed by atoms with van der Waals surface area (Å²) >= 11 is 5.61. The normalized spacial score (nSPS) is 35.3. The van der Waals surface area contributed by atoms with E-state index in [2.05, 4.69) is 20.8 Å². The summed E-state index contributed by atoms with van der Waals surface area (Å²) in [5.74, 6) is 2.31. The van der Waals surface area contributed by atoms with Crippen molar-refractivity contribution in [2.45, 2.75) is 46.1 Å². The number of hydrogen-bond donors (Lipinski definition) is 0. The second-order valence-electron chi connectivity index (χ2n) is 4.61. The van der Waals surface area contributed by atoms with Crippen LogP contribution in [-0.4, -0.2) is 12.2 Å². The van der Waals surface area contributed by atoms with E-state index in [-0.39, 0.29) is 0 Å². The highest BCUT2D eigenvalue weighted by molar-refractivity contribution is 6.17. The van der Waals surface area contributed by atoms with Gasteiger partial charge in [-0.15, -0.1) is 0 Å². The van der Waals surface area contributed by atoms with Crippen molar-refractivity contribution in [3.8, 4) is 0 Å². The Morgan fingerprint density at radius 3 is 2.62 bits per heavy atom. The van der Waals surface area contributed by atoms with E-state index in [4.69, 9.17) is 16.3 Å². The average molecular weight is 205 g/mol. The Hall–Kier alpha value is 0.250. The molecule has 1 saturated carbocycles. The summed E-state index contributed by atoms with van der Waals surface area (Å²) in [6.07, 6.45) is 4.26. The molecule has 0 saturated heterocycles. The van der Waals surface area contributed by atoms with Gasteiger partial charge in [-0.25, -0.2) is 0 Å². The molecule has 1 fully saturated rings. The first-order valence-corrected chi connectivity index (χ1v) is 5.86. The summed E-state index contributed by atoms with van der Waals surface area (Å²) in [6.45, 7) is 6.88. The quantitative estimate of drug-likeness (QED) is 0.638. The third-order valence-corrected chi connectivity index (χ3v) is 3.51. The minimum atomic E-state index is 0.347. The van der Waals surface area contributed by atoms with E-state index < -0.39 is 0 Å². The molecule has 0 aromatic carbocycles. The van der Waals surface area contributed by atoms with Crippen molar-refractivity contribution in [2.75, 3.05) is 6.07 Å². The Balaban J connectivity index is 2.42. The second kappa shape index (κ2) is 5.21. The molecular formula is C11H21ClO. The Labute approximate surface area is 86.8 Å². The number of rotatable bonds is 3. The summed E-state index contributed by atoms with van der Waals surface area (Å²) in [6, 6.07) is 0.347. The first kappa shape index (κ1) is 11.3. The van der Waals surface area contributed by atoms with Gasteiger partial charge in [-0.3, -0.25) is 0 Å². The fraction of sp³-hybridized carbons (Fsp3) is 1.00. The molecule has 3 atom stereocenters. The van der Waals surface area contributed by atoms with Gasteiger partial charge in [0.15, 0.2) is 0 Å². The number of hydrogen-bond acceptors (Lipinski definition) is 1. The lowest BCUT2D eigenvalue weighted by Gasteiger charge is -2.35. The Morgan fingerprint density at radius 2 is 2.08 bits per heavy atom. The maximum Gasteiger partial charge on any atom is 0.121 e. The lowest BCUT2D eigenvalue weighted by atomic mass is 9.76. The van der Waals surface area contributed by atoms with Crippen molar-refractivity contribution in [1.29, 1.82) is 0 Å². The summed E-state index contributed by atoms with van der Waals surface area (Å²) in [5, 5.41) is 0. The molecule has 13 heavy (non-hydrogen) atoms. The Bertz CT molecular complexity index is 147. The van der Waals surface area contributed by atoms with E-state index in [0.717, 1.165) is 11.8 Å². The summed E-state index contributed by atoms with van der Waals surface area (Å²) in [5.41, 5.74) is 0. The molecule has 2 heteroatoms. The highest BCUT2D eigenvalue weighted by Crippen LogP contribution is 2.34. The molecule has 78 valence electrons. The molecule has 0 aromatic rings. The van der Waals surface area contributed by atoms with Crippen molar-refractivity contribution in [2.24, 2.45) is 17.8 Å². The smallest absolute Gasteiger partial charge is 0.121 e. The Morgan fingerprint density at radius 1 is 1.38 bits per heavy atom. The van der Waals surface area contributed by atoms with Gasteiger partial charge >= 0.3 is 0 Å². The van der Waals surface area contributed by atoms with E-state index >= 15 is 0 Å². The molecular weight excluding hydrogens is 184 g/mol. The first-order chi connectivity index (χ1) is 6.15. The molecule has 1 aliphatic carbocycles. The largest absolute Gasteiger partial charge is 0.362 e. The zero-order valence-electron chi connectivity index (χ0n) is 8.92. The van der Waals surface area contributed by atoms with Crippen molar-refractivity contribution in [3.05, 3.63) is 0 Å². The maximum absolute atomic E-state index is 5.61. The van der Waals surface area contributed by atoms with Crippen LogP contribution in [0.2, 0.25) is 0 Å². The lowest BCUT2D eigenvalue weighted by molar-refractivity contribution is -0.00639. The maximum atomic E-state index is 5.61. The van der Waals surface area contributed by atoms with Crippen LogP contribution in [0.3, 0.4) is 0 Å². The number of halogens is 1. The van der Waals surface area contributed by atoms with Gasteiger partial charge in [0.1, 0.15) is 6.07 Å². The number of ether oxygens (including phenoxy) is 1. The van der Waals surface area contributed by atoms with Crippen LogP contribution in [-0.2, 0) is 4.74 Å². The van der Waals surface area contributed by atoms with Crippen LogP contribution in [0, 0.1) is 17.8 Å². The highest BCUT2D eigenvalue weighted by atomic mass is 35.5. The van der Waals surface area contributed by atoms with Gasteiger partial charge in [-0.2, -0.15) is 0 Å². The van der Waals surface area contributed by atoms with Crippen molar-refractivity contribution in [3.63, 3.8) is 0 Å². The van der Waals surface area contributed by atoms with Gasteiger partial charge in [0.25, 0.3) is 0 Å². The minimum absolute atomic E-state index is 0.347. The molecule has 1 nitrogen and oxygen atoms in total. The monoisotopic (exact) mass is 204 g/mol. The van der Waals surface area contributed by atoms with Gasteiger partial charge in [0.2, 0.25) is 0 Å². The van der Waals surface area contributed by atoms with Crippen LogP contribution in [0.15, 0.2) is 0 Å². The highest BCUT2D eigenvalue weighted by Gasteiger charge is 2.29. The van der Waals surface area contributed by atoms with Gasteiger partial charge in [0, 0.05) is 0 Å². The molecule has 0 amide bonds. The lowest BCUT2D eigenvalue weighted by Crippen LogP contribution is -2.31. The fourth-order valence-electron chi connectivity index (χ4n) is 2.23. The van der Waals surface area contributed by atoms with Crippen LogP contribution >= 0.6 is 11.6 Å². The predicted octanol–water partition coefficient (Wildman–Crippen LogP) is 3.66. The average Bonchev–Trinajstić information content (AvgIpc) is 2.08. The molecule has 0 aliphatic heterocycles. The third kappa shape index (κ3) is 3.14. The fourth-order valence-corrected chi connectivity index (χ4v) is 2.39. The molecule has 0 N–H and O–H groups in total. The van der Waals surface area contributed by atoms with Gasteiger partial charge in [-0.05, 0) is 37.0 Å². The minimum Gasteiger partial charge on any atom is -0.362 e. The van der Waals surface area contributed by atoms with Crippen LogP contribution < -0.4 is 0 Å². The van der Waals surface area contributed by atoms with Crippen LogP contribution in [0.25, 0.3) is 0 Å². The predicted molar refractivity (Wildman–Crippen MR) is 56.9 cm³/mol. The molecule has 1 rings (SSSR count). The molecule has 1 aliphatic rings. The molecule has 0 radical (unpaired) electrons. The van der Waals surface area contributed by atoms with Gasteiger partial charge in [-0.1, -0.05) is 32.4 Å². The molecule has 0 bridgehead atoms. The van der Waals surface area contributed by atoms with Crippen molar-refractivity contribution < 1.29 is 4.74 Å². The van der Waals surface area contributed by atoms with Crippen LogP contribution in [0.1, 0.15) is 40.0 Å². The van der Waals surface area contributed by atoms with E-state index in [1.165, 1.54) is 19.3 Å². The summed E-state index contributed by atoms with van der Waals surface area (Å²) < 4.78 is 5.54. The first-order valence-electron chi connectivity index (χ1n) is 5.32. The zero-order valence-corrected chi connectivity index (χ0v) is 9.68. The summed E-state index contributed by atoms with van der Waals surface area (Å²) in [4.78, 5) is 0. The SMILES string of the molecule is CC(C)[C@@H]1CC[C@H](C)[C@@H](OCCl)C1. The standard InChI is InChI=1S/C11H21ClO/c1-8(2)10-5-4-9(3)11(6-10)13-7-12/h8-11H,4-7H2,1-3H3/t9-,10+,11-/m0/s1. The third-order valence-electron chi connectivity index (χ3n) is 3.38. The molecule has 0 aromatic heterocycles. The van der Waals surface area contributed by atoms with Crippen LogP contribution in [0.5, 0.6) is 0 Å². The van der Waals surface area contributed by atoms with Crippen molar-refractivity contribution in [1.82, 2.24) is 0 Å². The van der Waals surface area contributed by atoms with Gasteiger partial charge in [0.05, 0.1) is 6.10 Å². The van der Waals surface area contributed by atoms with Gasteiger partial charge < -0.3 is 4.74 Å². The van der Waals surface area contributed by atoms with Crippen molar-refractivity contribution >= 4 is 11.6 Å². The Kier molecular flexibility index (Phi) is 4.54. The molecule has 0 unspecified atom stereocenters. The second-order valence-corrected chi connectivity index (χ2v) is 4.83. The zero-order chi connectivity index (χ0) is 9.84. The molecule has 0 heterocycles. The molecule has 0 spiro atoms. The van der Waals surface area contributed by atoms with E-state index in [1.54, 1.807) is 0 Å². The van der Waals surface area contributed by atoms with Crippen LogP contribution in [0.4, 0.5) is 0 Å². The topological polar surface area (TPSA) is 9.23 Å².